The Labute approximate surface area is 164 Å². The van der Waals surface area contributed by atoms with E-state index in [9.17, 15) is 9.59 Å². The fraction of sp³-hybridized carbons (Fsp3) is 0.261. The molecule has 142 valence electrons. The molecule has 5 nitrogen and oxygen atoms in total. The van der Waals surface area contributed by atoms with Gasteiger partial charge in [0.05, 0.1) is 11.6 Å². The van der Waals surface area contributed by atoms with Crippen LogP contribution in [0.15, 0.2) is 60.8 Å². The zero-order valence-corrected chi connectivity index (χ0v) is 16.1. The molecule has 2 heterocycles. The fourth-order valence-electron chi connectivity index (χ4n) is 3.92. The normalized spacial score (nSPS) is 19.0. The van der Waals surface area contributed by atoms with Crippen LogP contribution in [0.3, 0.4) is 0 Å². The molecule has 1 aliphatic rings. The number of hydrogen-bond acceptors (Lipinski definition) is 3. The van der Waals surface area contributed by atoms with Gasteiger partial charge in [-0.15, -0.1) is 0 Å². The van der Waals surface area contributed by atoms with E-state index < -0.39 is 0 Å². The van der Waals surface area contributed by atoms with Crippen molar-refractivity contribution >= 4 is 22.7 Å². The number of carbonyl (C=O) groups is 2. The summed E-state index contributed by atoms with van der Waals surface area (Å²) in [5.41, 5.74) is 3.85. The number of hydrogen-bond donors (Lipinski definition) is 1. The van der Waals surface area contributed by atoms with E-state index in [2.05, 4.69) is 34.6 Å². The lowest BCUT2D eigenvalue weighted by molar-refractivity contribution is -0.119. The van der Waals surface area contributed by atoms with Gasteiger partial charge in [-0.1, -0.05) is 35.9 Å². The van der Waals surface area contributed by atoms with Crippen LogP contribution in [0.5, 0.6) is 0 Å². The largest absolute Gasteiger partial charge is 0.351 e. The lowest BCUT2D eigenvalue weighted by atomic mass is 9.93. The number of nitrogens with zero attached hydrogens (tertiary/aromatic N) is 2. The SMILES string of the molecule is CC(=O)N[C@@H]1CN(C(=O)c2ccc3ncccc3c2)C[C@H]1c1ccc(C)cc1. The standard InChI is InChI=1S/C23H23N3O2/c1-15-5-7-17(8-6-15)20-13-26(14-22(20)25-16(2)27)23(28)19-9-10-21-18(12-19)4-3-11-24-21/h3-12,20,22H,13-14H2,1-2H3,(H,25,27)/t20-,22+/m0/s1. The summed E-state index contributed by atoms with van der Waals surface area (Å²) >= 11 is 0. The lowest BCUT2D eigenvalue weighted by Gasteiger charge is -2.19. The highest BCUT2D eigenvalue weighted by Crippen LogP contribution is 2.29. The minimum Gasteiger partial charge on any atom is -0.351 e. The summed E-state index contributed by atoms with van der Waals surface area (Å²) in [5, 5.41) is 3.97. The van der Waals surface area contributed by atoms with Crippen molar-refractivity contribution in [3.8, 4) is 0 Å². The zero-order chi connectivity index (χ0) is 19.7. The van der Waals surface area contributed by atoms with Crippen molar-refractivity contribution in [1.29, 1.82) is 0 Å². The number of fused-ring (bicyclic) bond motifs is 1. The minimum atomic E-state index is -0.0914. The van der Waals surface area contributed by atoms with Crippen LogP contribution in [0.25, 0.3) is 10.9 Å². The van der Waals surface area contributed by atoms with Crippen LogP contribution in [0, 0.1) is 6.92 Å². The van der Waals surface area contributed by atoms with Crippen LogP contribution in [0.1, 0.15) is 34.3 Å². The molecule has 1 aliphatic heterocycles. The molecule has 0 unspecified atom stereocenters. The summed E-state index contributed by atoms with van der Waals surface area (Å²) in [4.78, 5) is 31.0. The van der Waals surface area contributed by atoms with Gasteiger partial charge in [-0.25, -0.2) is 0 Å². The van der Waals surface area contributed by atoms with E-state index in [1.807, 2.05) is 42.2 Å². The number of aryl methyl sites for hydroxylation is 1. The van der Waals surface area contributed by atoms with Crippen molar-refractivity contribution in [1.82, 2.24) is 15.2 Å². The highest BCUT2D eigenvalue weighted by molar-refractivity contribution is 5.98. The van der Waals surface area contributed by atoms with E-state index in [0.717, 1.165) is 16.5 Å². The summed E-state index contributed by atoms with van der Waals surface area (Å²) in [7, 11) is 0. The Kier molecular flexibility index (Phi) is 4.82. The number of nitrogens with one attached hydrogen (secondary N) is 1. The van der Waals surface area contributed by atoms with Gasteiger partial charge in [0.2, 0.25) is 5.91 Å². The molecule has 1 aromatic heterocycles. The van der Waals surface area contributed by atoms with Crippen molar-refractivity contribution in [2.24, 2.45) is 0 Å². The maximum atomic E-state index is 13.1. The van der Waals surface area contributed by atoms with Gasteiger partial charge in [0, 0.05) is 43.1 Å². The van der Waals surface area contributed by atoms with Crippen molar-refractivity contribution in [2.45, 2.75) is 25.8 Å². The number of rotatable bonds is 3. The number of amides is 2. The summed E-state index contributed by atoms with van der Waals surface area (Å²) in [6.07, 6.45) is 1.74. The zero-order valence-electron chi connectivity index (χ0n) is 16.1. The van der Waals surface area contributed by atoms with Gasteiger partial charge in [-0.3, -0.25) is 14.6 Å². The summed E-state index contributed by atoms with van der Waals surface area (Å²) in [6, 6.07) is 17.6. The van der Waals surface area contributed by atoms with Gasteiger partial charge in [0.25, 0.3) is 5.91 Å². The van der Waals surface area contributed by atoms with Crippen molar-refractivity contribution in [3.05, 3.63) is 77.5 Å². The predicted octanol–water partition coefficient (Wildman–Crippen LogP) is 3.29. The molecule has 1 N–H and O–H groups in total. The maximum Gasteiger partial charge on any atom is 0.253 e. The van der Waals surface area contributed by atoms with E-state index in [-0.39, 0.29) is 23.8 Å². The molecule has 0 saturated carbocycles. The molecule has 1 saturated heterocycles. The predicted molar refractivity (Wildman–Crippen MR) is 109 cm³/mol. The quantitative estimate of drug-likeness (QED) is 0.766. The van der Waals surface area contributed by atoms with E-state index >= 15 is 0 Å². The number of likely N-dealkylation sites (tertiary alicyclic amines) is 1. The van der Waals surface area contributed by atoms with E-state index in [1.165, 1.54) is 12.5 Å². The first-order valence-corrected chi connectivity index (χ1v) is 9.49. The first-order valence-electron chi connectivity index (χ1n) is 9.49. The average Bonchev–Trinajstić information content (AvgIpc) is 3.10. The number of benzene rings is 2. The van der Waals surface area contributed by atoms with Crippen LogP contribution in [-0.2, 0) is 4.79 Å². The highest BCUT2D eigenvalue weighted by Gasteiger charge is 2.37. The molecule has 28 heavy (non-hydrogen) atoms. The topological polar surface area (TPSA) is 62.3 Å². The summed E-state index contributed by atoms with van der Waals surface area (Å²) in [6.45, 7) is 4.65. The summed E-state index contributed by atoms with van der Waals surface area (Å²) < 4.78 is 0. The molecule has 0 aliphatic carbocycles. The van der Waals surface area contributed by atoms with E-state index in [1.54, 1.807) is 6.20 Å². The maximum absolute atomic E-state index is 13.1. The van der Waals surface area contributed by atoms with E-state index in [0.29, 0.717) is 18.7 Å². The molecule has 1 fully saturated rings. The Morgan fingerprint density at radius 2 is 1.86 bits per heavy atom. The van der Waals surface area contributed by atoms with Crippen LogP contribution < -0.4 is 5.32 Å². The molecule has 5 heteroatoms. The van der Waals surface area contributed by atoms with Gasteiger partial charge >= 0.3 is 0 Å². The second-order valence-electron chi connectivity index (χ2n) is 7.45. The average molecular weight is 373 g/mol. The molecule has 2 amide bonds. The molecule has 0 radical (unpaired) electrons. The van der Waals surface area contributed by atoms with Gasteiger partial charge in [0.1, 0.15) is 0 Å². The Hall–Kier alpha value is -3.21. The molecule has 2 aromatic carbocycles. The molecule has 3 aromatic rings. The number of carbonyl (C=O) groups excluding carboxylic acids is 2. The molecule has 4 rings (SSSR count). The first kappa shape index (κ1) is 18.2. The Morgan fingerprint density at radius 1 is 1.07 bits per heavy atom. The van der Waals surface area contributed by atoms with E-state index in [4.69, 9.17) is 0 Å². The molecule has 0 bridgehead atoms. The van der Waals surface area contributed by atoms with Gasteiger partial charge < -0.3 is 10.2 Å². The Morgan fingerprint density at radius 3 is 2.61 bits per heavy atom. The van der Waals surface area contributed by atoms with Crippen molar-refractivity contribution in [3.63, 3.8) is 0 Å². The lowest BCUT2D eigenvalue weighted by Crippen LogP contribution is -2.39. The highest BCUT2D eigenvalue weighted by atomic mass is 16.2. The third-order valence-electron chi connectivity index (χ3n) is 5.35. The van der Waals surface area contributed by atoms with Crippen LogP contribution >= 0.6 is 0 Å². The third-order valence-corrected chi connectivity index (χ3v) is 5.35. The van der Waals surface area contributed by atoms with Crippen LogP contribution in [0.2, 0.25) is 0 Å². The summed E-state index contributed by atoms with van der Waals surface area (Å²) in [5.74, 6) is -0.0144. The van der Waals surface area contributed by atoms with Crippen LogP contribution in [0.4, 0.5) is 0 Å². The number of pyridine rings is 1. The van der Waals surface area contributed by atoms with Gasteiger partial charge in [-0.2, -0.15) is 0 Å². The molecular weight excluding hydrogens is 350 g/mol. The Bertz CT molecular complexity index is 1030. The smallest absolute Gasteiger partial charge is 0.253 e. The second kappa shape index (κ2) is 7.43. The van der Waals surface area contributed by atoms with Crippen molar-refractivity contribution < 1.29 is 9.59 Å². The van der Waals surface area contributed by atoms with Gasteiger partial charge in [-0.05, 0) is 36.8 Å². The number of aromatic nitrogens is 1. The first-order chi connectivity index (χ1) is 13.5. The monoisotopic (exact) mass is 373 g/mol. The second-order valence-corrected chi connectivity index (χ2v) is 7.45. The van der Waals surface area contributed by atoms with Gasteiger partial charge in [0.15, 0.2) is 0 Å². The fourth-order valence-corrected chi connectivity index (χ4v) is 3.92. The Balaban J connectivity index is 1.60. The molecule has 0 spiro atoms. The molecule has 2 atom stereocenters. The molecular formula is C23H23N3O2. The third kappa shape index (κ3) is 3.60. The minimum absolute atomic E-state index is 0.0179. The van der Waals surface area contributed by atoms with Crippen molar-refractivity contribution in [2.75, 3.05) is 13.1 Å². The van der Waals surface area contributed by atoms with Crippen LogP contribution in [-0.4, -0.2) is 40.8 Å².